The van der Waals surface area contributed by atoms with Crippen molar-refractivity contribution in [3.05, 3.63) is 120 Å². The van der Waals surface area contributed by atoms with E-state index in [0.717, 1.165) is 24.1 Å². The molecule has 3 heterocycles. The molecule has 7 aromatic rings. The number of nitrogens with zero attached hydrogens (tertiary/aromatic N) is 3. The Morgan fingerprint density at radius 2 is 1.41 bits per heavy atom. The van der Waals surface area contributed by atoms with Gasteiger partial charge in [0, 0.05) is 27.1 Å². The van der Waals surface area contributed by atoms with Crippen LogP contribution in [0.4, 0.5) is 0 Å². The maximum atomic E-state index is 5.46. The zero-order valence-electron chi connectivity index (χ0n) is 22.1. The van der Waals surface area contributed by atoms with Crippen LogP contribution in [0.3, 0.4) is 0 Å². The zero-order valence-corrected chi connectivity index (χ0v) is 22.1. The molecule has 2 aliphatic carbocycles. The van der Waals surface area contributed by atoms with Crippen molar-refractivity contribution in [2.75, 3.05) is 0 Å². The second-order valence-electron chi connectivity index (χ2n) is 11.5. The van der Waals surface area contributed by atoms with E-state index in [2.05, 4.69) is 126 Å². The van der Waals surface area contributed by atoms with Gasteiger partial charge in [-0.3, -0.25) is 8.97 Å². The number of imidazole rings is 1. The number of rotatable bonds is 1. The number of allylic oxidation sites excluding steroid dienone is 4. The lowest BCUT2D eigenvalue weighted by atomic mass is 9.78. The summed E-state index contributed by atoms with van der Waals surface area (Å²) in [5.74, 6) is 0. The van der Waals surface area contributed by atoms with Crippen LogP contribution in [0.1, 0.15) is 37.8 Å². The summed E-state index contributed by atoms with van der Waals surface area (Å²) in [7, 11) is 0. The normalized spacial score (nSPS) is 16.3. The third kappa shape index (κ3) is 2.55. The van der Waals surface area contributed by atoms with Gasteiger partial charge in [0.05, 0.1) is 16.7 Å². The standard InChI is InChI=1S/C36H27N3/c1-36(2)27-17-8-5-15-25(27)32-28(36)18-11-21-31(32)38-30-20-10-7-16-26(30)33-35(38)37-34-24-14-4-3-12-22(24)23-13-6-9-19-29(23)39(33)34/h3-7,9-16,18-21H,8,17H2,1-2H3. The lowest BCUT2D eigenvalue weighted by Gasteiger charge is -2.25. The van der Waals surface area contributed by atoms with Crippen molar-refractivity contribution >= 4 is 55.0 Å². The maximum Gasteiger partial charge on any atom is 0.165 e. The fourth-order valence-corrected chi connectivity index (χ4v) is 7.50. The van der Waals surface area contributed by atoms with Crippen molar-refractivity contribution in [3.63, 3.8) is 0 Å². The SMILES string of the molecule is CC1(C)C2=C(C=CCC2)c2c(-n3c4ccccc4c4c3nc3c5ccccc5c5ccccc5n34)cccc21. The first-order chi connectivity index (χ1) is 19.1. The average Bonchev–Trinajstić information content (AvgIpc) is 3.59. The second kappa shape index (κ2) is 7.27. The minimum absolute atomic E-state index is 0.0266. The van der Waals surface area contributed by atoms with Crippen molar-refractivity contribution in [2.24, 2.45) is 0 Å². The van der Waals surface area contributed by atoms with Gasteiger partial charge < -0.3 is 0 Å². The van der Waals surface area contributed by atoms with Gasteiger partial charge in [-0.1, -0.05) is 104 Å². The Kier molecular flexibility index (Phi) is 3.97. The van der Waals surface area contributed by atoms with Crippen molar-refractivity contribution in [2.45, 2.75) is 32.1 Å². The van der Waals surface area contributed by atoms with Gasteiger partial charge in [0.15, 0.2) is 5.65 Å². The summed E-state index contributed by atoms with van der Waals surface area (Å²) >= 11 is 0. The van der Waals surface area contributed by atoms with Gasteiger partial charge in [0.25, 0.3) is 0 Å². The number of para-hydroxylation sites is 2. The van der Waals surface area contributed by atoms with E-state index in [4.69, 9.17) is 4.98 Å². The predicted molar refractivity (Wildman–Crippen MR) is 163 cm³/mol. The third-order valence-corrected chi connectivity index (χ3v) is 9.23. The fraction of sp³-hybridized carbons (Fsp3) is 0.139. The third-order valence-electron chi connectivity index (χ3n) is 9.23. The summed E-state index contributed by atoms with van der Waals surface area (Å²) in [5, 5.41) is 4.90. The van der Waals surface area contributed by atoms with Gasteiger partial charge >= 0.3 is 0 Å². The van der Waals surface area contributed by atoms with Crippen LogP contribution in [0.25, 0.3) is 60.6 Å². The van der Waals surface area contributed by atoms with E-state index in [1.807, 2.05) is 0 Å². The highest BCUT2D eigenvalue weighted by molar-refractivity contribution is 6.17. The molecule has 0 N–H and O–H groups in total. The highest BCUT2D eigenvalue weighted by Crippen LogP contribution is 2.52. The van der Waals surface area contributed by atoms with Gasteiger partial charge in [0.2, 0.25) is 0 Å². The average molecular weight is 502 g/mol. The van der Waals surface area contributed by atoms with Crippen LogP contribution < -0.4 is 0 Å². The van der Waals surface area contributed by atoms with Crippen molar-refractivity contribution in [1.29, 1.82) is 0 Å². The molecule has 0 saturated carbocycles. The summed E-state index contributed by atoms with van der Waals surface area (Å²) in [6.07, 6.45) is 6.95. The number of fused-ring (bicyclic) bond motifs is 12. The highest BCUT2D eigenvalue weighted by Gasteiger charge is 2.39. The molecule has 0 saturated heterocycles. The first-order valence-corrected chi connectivity index (χ1v) is 13.9. The van der Waals surface area contributed by atoms with Gasteiger partial charge in [-0.2, -0.15) is 0 Å². The molecule has 0 amide bonds. The first-order valence-electron chi connectivity index (χ1n) is 13.9. The van der Waals surface area contributed by atoms with Crippen LogP contribution in [0, 0.1) is 0 Å². The smallest absolute Gasteiger partial charge is 0.165 e. The molecular weight excluding hydrogens is 474 g/mol. The van der Waals surface area contributed by atoms with Crippen LogP contribution in [0.2, 0.25) is 0 Å². The van der Waals surface area contributed by atoms with Gasteiger partial charge in [-0.05, 0) is 47.6 Å². The Labute approximate surface area is 226 Å². The number of pyridine rings is 1. The zero-order chi connectivity index (χ0) is 25.9. The van der Waals surface area contributed by atoms with E-state index in [0.29, 0.717) is 0 Å². The lowest BCUT2D eigenvalue weighted by molar-refractivity contribution is 0.607. The summed E-state index contributed by atoms with van der Waals surface area (Å²) in [6, 6.07) is 33.1. The number of benzene rings is 4. The topological polar surface area (TPSA) is 22.2 Å². The largest absolute Gasteiger partial charge is 0.292 e. The molecule has 0 bridgehead atoms. The molecule has 3 nitrogen and oxygen atoms in total. The second-order valence-corrected chi connectivity index (χ2v) is 11.5. The van der Waals surface area contributed by atoms with E-state index in [1.165, 1.54) is 60.5 Å². The number of aromatic nitrogens is 3. The number of hydrogen-bond donors (Lipinski definition) is 0. The molecule has 0 spiro atoms. The predicted octanol–water partition coefficient (Wildman–Crippen LogP) is 9.13. The van der Waals surface area contributed by atoms with Gasteiger partial charge in [-0.25, -0.2) is 4.98 Å². The summed E-state index contributed by atoms with van der Waals surface area (Å²) < 4.78 is 4.82. The molecule has 3 aromatic heterocycles. The van der Waals surface area contributed by atoms with Crippen LogP contribution in [0.5, 0.6) is 0 Å². The van der Waals surface area contributed by atoms with E-state index in [1.54, 1.807) is 5.57 Å². The summed E-state index contributed by atoms with van der Waals surface area (Å²) in [6.45, 7) is 4.79. The van der Waals surface area contributed by atoms with Crippen molar-refractivity contribution in [1.82, 2.24) is 14.0 Å². The van der Waals surface area contributed by atoms with Gasteiger partial charge in [0.1, 0.15) is 11.2 Å². The van der Waals surface area contributed by atoms with E-state index >= 15 is 0 Å². The molecule has 0 fully saturated rings. The Morgan fingerprint density at radius 1 is 0.692 bits per heavy atom. The minimum Gasteiger partial charge on any atom is -0.292 e. The molecule has 0 aliphatic heterocycles. The molecule has 4 aromatic carbocycles. The molecule has 3 heteroatoms. The van der Waals surface area contributed by atoms with Crippen LogP contribution in [-0.4, -0.2) is 14.0 Å². The first kappa shape index (κ1) is 21.3. The molecule has 9 rings (SSSR count). The van der Waals surface area contributed by atoms with E-state index < -0.39 is 0 Å². The maximum absolute atomic E-state index is 5.46. The molecule has 186 valence electrons. The Balaban J connectivity index is 1.51. The molecule has 0 atom stereocenters. The monoisotopic (exact) mass is 501 g/mol. The molecule has 2 aliphatic rings. The quantitative estimate of drug-likeness (QED) is 0.206. The highest BCUT2D eigenvalue weighted by atomic mass is 15.1. The molecule has 0 radical (unpaired) electrons. The van der Waals surface area contributed by atoms with Crippen LogP contribution >= 0.6 is 0 Å². The van der Waals surface area contributed by atoms with Crippen molar-refractivity contribution < 1.29 is 0 Å². The Morgan fingerprint density at radius 3 is 2.26 bits per heavy atom. The van der Waals surface area contributed by atoms with E-state index in [9.17, 15) is 0 Å². The molecular formula is C36H27N3. The fourth-order valence-electron chi connectivity index (χ4n) is 7.50. The summed E-state index contributed by atoms with van der Waals surface area (Å²) in [5.41, 5.74) is 12.6. The number of hydrogen-bond acceptors (Lipinski definition) is 1. The minimum atomic E-state index is 0.0266. The lowest BCUT2D eigenvalue weighted by Crippen LogP contribution is -2.17. The van der Waals surface area contributed by atoms with Crippen molar-refractivity contribution in [3.8, 4) is 5.69 Å². The Bertz CT molecular complexity index is 2250. The summed E-state index contributed by atoms with van der Waals surface area (Å²) in [4.78, 5) is 5.46. The van der Waals surface area contributed by atoms with E-state index in [-0.39, 0.29) is 5.41 Å². The Hall–Kier alpha value is -4.63. The van der Waals surface area contributed by atoms with Crippen LogP contribution in [0.15, 0.2) is 109 Å². The molecule has 39 heavy (non-hydrogen) atoms. The molecule has 0 unspecified atom stereocenters. The van der Waals surface area contributed by atoms with Gasteiger partial charge in [-0.15, -0.1) is 0 Å². The van der Waals surface area contributed by atoms with Crippen LogP contribution in [-0.2, 0) is 5.41 Å².